The zero-order chi connectivity index (χ0) is 30.5. The quantitative estimate of drug-likeness (QED) is 0.198. The summed E-state index contributed by atoms with van der Waals surface area (Å²) in [5.74, 6) is 1.50. The monoisotopic (exact) mass is 574 g/mol. The van der Waals surface area contributed by atoms with Gasteiger partial charge in [0.25, 0.3) is 0 Å². The van der Waals surface area contributed by atoms with Crippen molar-refractivity contribution in [3.8, 4) is 39.3 Å². The van der Waals surface area contributed by atoms with Crippen molar-refractivity contribution in [2.45, 2.75) is 53.4 Å². The van der Waals surface area contributed by atoms with Gasteiger partial charge in [0.1, 0.15) is 17.0 Å². The van der Waals surface area contributed by atoms with Gasteiger partial charge in [-0.2, -0.15) is 0 Å². The third-order valence-corrected chi connectivity index (χ3v) is 8.92. The first-order valence-corrected chi connectivity index (χ1v) is 15.6. The first-order valence-electron chi connectivity index (χ1n) is 15.6. The summed E-state index contributed by atoms with van der Waals surface area (Å²) in [6, 6.07) is 34.7. The summed E-state index contributed by atoms with van der Waals surface area (Å²) >= 11 is 0. The molecule has 218 valence electrons. The molecule has 0 saturated heterocycles. The third-order valence-electron chi connectivity index (χ3n) is 8.92. The average Bonchev–Trinajstić information content (AvgIpc) is 3.66. The minimum atomic E-state index is 0.258. The fraction of sp³-hybridized carbons (Fsp3) is 0.195. The van der Waals surface area contributed by atoms with Crippen LogP contribution in [0, 0.1) is 13.8 Å². The molecule has 2 aromatic heterocycles. The molecule has 0 saturated carbocycles. The molecule has 0 N–H and O–H groups in total. The number of aromatic nitrogens is 2. The Morgan fingerprint density at radius 3 is 2.14 bits per heavy atom. The van der Waals surface area contributed by atoms with Gasteiger partial charge in [0.2, 0.25) is 0 Å². The lowest BCUT2D eigenvalue weighted by Crippen LogP contribution is -2.08. The molecule has 5 aromatic carbocycles. The van der Waals surface area contributed by atoms with Gasteiger partial charge in [0, 0.05) is 34.3 Å². The number of benzene rings is 5. The highest BCUT2D eigenvalue weighted by atomic mass is 16.3. The van der Waals surface area contributed by atoms with Crippen LogP contribution < -0.4 is 0 Å². The second kappa shape index (κ2) is 11.0. The van der Waals surface area contributed by atoms with Gasteiger partial charge in [-0.15, -0.1) is 0 Å². The van der Waals surface area contributed by atoms with Gasteiger partial charge < -0.3 is 4.42 Å². The molecule has 0 aliphatic rings. The van der Waals surface area contributed by atoms with Crippen molar-refractivity contribution < 1.29 is 4.42 Å². The Kier molecular flexibility index (Phi) is 6.97. The van der Waals surface area contributed by atoms with Crippen molar-refractivity contribution in [3.63, 3.8) is 0 Å². The molecule has 7 aromatic rings. The summed E-state index contributed by atoms with van der Waals surface area (Å²) in [5, 5.41) is 2.34. The van der Waals surface area contributed by atoms with E-state index in [-0.39, 0.29) is 5.92 Å². The van der Waals surface area contributed by atoms with Crippen molar-refractivity contribution in [3.05, 3.63) is 132 Å². The number of aryl methyl sites for hydroxylation is 2. The Labute approximate surface area is 259 Å². The number of fused-ring (bicyclic) bond motifs is 3. The number of imidazole rings is 1. The molecule has 3 heteroatoms. The minimum absolute atomic E-state index is 0.258. The van der Waals surface area contributed by atoms with E-state index in [2.05, 4.69) is 149 Å². The Hall–Kier alpha value is -4.89. The zero-order valence-corrected chi connectivity index (χ0v) is 26.3. The average molecular weight is 575 g/mol. The molecular weight excluding hydrogens is 536 g/mol. The lowest BCUT2D eigenvalue weighted by molar-refractivity contribution is 0.666. The normalized spacial score (nSPS) is 11.8. The van der Waals surface area contributed by atoms with Gasteiger partial charge in [0.15, 0.2) is 0 Å². The highest BCUT2D eigenvalue weighted by molar-refractivity contribution is 6.12. The second-order valence-electron chi connectivity index (χ2n) is 12.5. The van der Waals surface area contributed by atoms with E-state index in [9.17, 15) is 0 Å². The number of hydrogen-bond acceptors (Lipinski definition) is 2. The van der Waals surface area contributed by atoms with E-state index in [1.807, 2.05) is 6.20 Å². The van der Waals surface area contributed by atoms with Gasteiger partial charge in [0.05, 0.1) is 5.69 Å². The van der Waals surface area contributed by atoms with Gasteiger partial charge in [-0.3, -0.25) is 4.57 Å². The van der Waals surface area contributed by atoms with Crippen LogP contribution in [-0.4, -0.2) is 9.55 Å². The highest BCUT2D eigenvalue weighted by Crippen LogP contribution is 2.45. The lowest BCUT2D eigenvalue weighted by atomic mass is 9.88. The summed E-state index contributed by atoms with van der Waals surface area (Å²) in [6.07, 6.45) is 4.02. The van der Waals surface area contributed by atoms with E-state index in [0.29, 0.717) is 5.92 Å². The van der Waals surface area contributed by atoms with E-state index < -0.39 is 0 Å². The summed E-state index contributed by atoms with van der Waals surface area (Å²) < 4.78 is 9.17. The number of furan rings is 1. The highest BCUT2D eigenvalue weighted by Gasteiger charge is 2.26. The summed E-state index contributed by atoms with van der Waals surface area (Å²) in [4.78, 5) is 4.83. The van der Waals surface area contributed by atoms with Crippen LogP contribution in [0.15, 0.2) is 114 Å². The van der Waals surface area contributed by atoms with Crippen molar-refractivity contribution in [2.24, 2.45) is 0 Å². The maximum absolute atomic E-state index is 6.88. The molecule has 44 heavy (non-hydrogen) atoms. The van der Waals surface area contributed by atoms with Crippen LogP contribution in [0.3, 0.4) is 0 Å². The van der Waals surface area contributed by atoms with Crippen LogP contribution in [0.2, 0.25) is 0 Å². The van der Waals surface area contributed by atoms with E-state index in [0.717, 1.165) is 39.1 Å². The topological polar surface area (TPSA) is 31.0 Å². The van der Waals surface area contributed by atoms with Crippen LogP contribution >= 0.6 is 0 Å². The molecule has 0 radical (unpaired) electrons. The predicted octanol–water partition coefficient (Wildman–Crippen LogP) is 11.6. The van der Waals surface area contributed by atoms with E-state index in [1.54, 1.807) is 0 Å². The number of para-hydroxylation sites is 1. The summed E-state index contributed by atoms with van der Waals surface area (Å²) in [5.41, 5.74) is 14.1. The smallest absolute Gasteiger partial charge is 0.144 e. The van der Waals surface area contributed by atoms with Crippen LogP contribution in [0.1, 0.15) is 61.8 Å². The predicted molar refractivity (Wildman–Crippen MR) is 185 cm³/mol. The Bertz CT molecular complexity index is 2140. The standard InChI is InChI=1S/C41H38N2O/c1-25(2)34-24-36-38(37(26(3)4)39(34)43-22-21-42-41(43)29-14-8-7-9-15-29)33-18-12-17-32(40(33)44-36)30-20-19-28(6)35(23-30)31-16-11-10-13-27(31)5/h7-26H,1-6H3. The first kappa shape index (κ1) is 27.9. The maximum Gasteiger partial charge on any atom is 0.144 e. The van der Waals surface area contributed by atoms with E-state index in [4.69, 9.17) is 9.40 Å². The van der Waals surface area contributed by atoms with E-state index >= 15 is 0 Å². The SMILES string of the molecule is Cc1ccccc1-c1cc(-c2cccc3c2oc2cc(C(C)C)c(-n4ccnc4-c4ccccc4)c(C(C)C)c23)ccc1C. The minimum Gasteiger partial charge on any atom is -0.455 e. The third kappa shape index (κ3) is 4.55. The van der Waals surface area contributed by atoms with Crippen LogP contribution in [-0.2, 0) is 0 Å². The van der Waals surface area contributed by atoms with Crippen molar-refractivity contribution in [1.29, 1.82) is 0 Å². The Balaban J connectivity index is 1.51. The maximum atomic E-state index is 6.88. The molecule has 2 heterocycles. The second-order valence-corrected chi connectivity index (χ2v) is 12.5. The summed E-state index contributed by atoms with van der Waals surface area (Å²) in [7, 11) is 0. The molecule has 0 atom stereocenters. The molecule has 0 bridgehead atoms. The number of rotatable bonds is 6. The Morgan fingerprint density at radius 1 is 0.659 bits per heavy atom. The van der Waals surface area contributed by atoms with Gasteiger partial charge >= 0.3 is 0 Å². The van der Waals surface area contributed by atoms with Crippen molar-refractivity contribution >= 4 is 21.9 Å². The van der Waals surface area contributed by atoms with E-state index in [1.165, 1.54) is 44.5 Å². The Morgan fingerprint density at radius 2 is 1.39 bits per heavy atom. The molecule has 0 spiro atoms. The van der Waals surface area contributed by atoms with Gasteiger partial charge in [-0.25, -0.2) is 4.98 Å². The zero-order valence-electron chi connectivity index (χ0n) is 26.3. The fourth-order valence-corrected chi connectivity index (χ4v) is 6.74. The van der Waals surface area contributed by atoms with Gasteiger partial charge in [-0.05, 0) is 76.8 Å². The van der Waals surface area contributed by atoms with Crippen molar-refractivity contribution in [1.82, 2.24) is 9.55 Å². The molecule has 3 nitrogen and oxygen atoms in total. The summed E-state index contributed by atoms with van der Waals surface area (Å²) in [6.45, 7) is 13.5. The molecular formula is C41H38N2O. The largest absolute Gasteiger partial charge is 0.455 e. The molecule has 0 aliphatic carbocycles. The lowest BCUT2D eigenvalue weighted by Gasteiger charge is -2.23. The van der Waals surface area contributed by atoms with Crippen molar-refractivity contribution in [2.75, 3.05) is 0 Å². The molecule has 0 fully saturated rings. The number of nitrogens with zero attached hydrogens (tertiary/aromatic N) is 2. The fourth-order valence-electron chi connectivity index (χ4n) is 6.74. The van der Waals surface area contributed by atoms with Gasteiger partial charge in [-0.1, -0.05) is 113 Å². The first-order chi connectivity index (χ1) is 21.3. The molecule has 0 amide bonds. The van der Waals surface area contributed by atoms with Crippen LogP contribution in [0.5, 0.6) is 0 Å². The number of hydrogen-bond donors (Lipinski definition) is 0. The van der Waals surface area contributed by atoms with Crippen LogP contribution in [0.4, 0.5) is 0 Å². The molecule has 0 unspecified atom stereocenters. The molecule has 0 aliphatic heterocycles. The molecule has 7 rings (SSSR count). The van der Waals surface area contributed by atoms with Crippen LogP contribution in [0.25, 0.3) is 61.3 Å².